The van der Waals surface area contributed by atoms with Crippen LogP contribution in [0.4, 0.5) is 5.69 Å². The van der Waals surface area contributed by atoms with Crippen LogP contribution in [0.5, 0.6) is 0 Å². The van der Waals surface area contributed by atoms with Crippen LogP contribution in [0.1, 0.15) is 43.6 Å². The Morgan fingerprint density at radius 3 is 2.50 bits per heavy atom. The zero-order chi connectivity index (χ0) is 9.97. The highest BCUT2D eigenvalue weighted by molar-refractivity contribution is 6.33. The van der Waals surface area contributed by atoms with Gasteiger partial charge < -0.3 is 5.73 Å². The highest BCUT2D eigenvalue weighted by atomic mass is 35.5. The third-order valence-corrected chi connectivity index (χ3v) is 3.44. The van der Waals surface area contributed by atoms with Crippen LogP contribution < -0.4 is 5.73 Å². The molecule has 1 nitrogen and oxygen atoms in total. The molecular weight excluding hydrogens is 194 g/mol. The molecule has 0 spiro atoms. The van der Waals surface area contributed by atoms with Gasteiger partial charge in [-0.3, -0.25) is 0 Å². The number of nitrogens with two attached hydrogens (primary N) is 1. The summed E-state index contributed by atoms with van der Waals surface area (Å²) in [6.07, 6.45) is 6.71. The summed E-state index contributed by atoms with van der Waals surface area (Å²) >= 11 is 5.89. The molecule has 76 valence electrons. The molecule has 2 heteroatoms. The van der Waals surface area contributed by atoms with E-state index >= 15 is 0 Å². The zero-order valence-electron chi connectivity index (χ0n) is 8.30. The first kappa shape index (κ1) is 9.85. The first-order valence-electron chi connectivity index (χ1n) is 5.32. The van der Waals surface area contributed by atoms with Gasteiger partial charge in [0.05, 0.1) is 10.7 Å². The second-order valence-electron chi connectivity index (χ2n) is 4.12. The zero-order valence-corrected chi connectivity index (χ0v) is 9.06. The van der Waals surface area contributed by atoms with Crippen molar-refractivity contribution >= 4 is 17.3 Å². The molecule has 0 atom stereocenters. The minimum absolute atomic E-state index is 0.671. The molecule has 1 saturated carbocycles. The van der Waals surface area contributed by atoms with Crippen LogP contribution >= 0.6 is 11.6 Å². The molecule has 0 amide bonds. The third-order valence-electron chi connectivity index (χ3n) is 3.10. The number of rotatable bonds is 1. The summed E-state index contributed by atoms with van der Waals surface area (Å²) in [5.74, 6) is 0.711. The molecule has 0 saturated heterocycles. The minimum atomic E-state index is 0.671. The predicted octanol–water partition coefficient (Wildman–Crippen LogP) is 3.97. The Morgan fingerprint density at radius 1 is 1.14 bits per heavy atom. The molecule has 0 heterocycles. The van der Waals surface area contributed by atoms with Gasteiger partial charge in [-0.05, 0) is 36.5 Å². The van der Waals surface area contributed by atoms with Crippen LogP contribution in [-0.4, -0.2) is 0 Å². The van der Waals surface area contributed by atoms with E-state index in [9.17, 15) is 0 Å². The molecule has 1 aliphatic rings. The Balaban J connectivity index is 2.18. The predicted molar refractivity (Wildman–Crippen MR) is 61.7 cm³/mol. The first-order valence-corrected chi connectivity index (χ1v) is 5.70. The maximum atomic E-state index is 5.89. The van der Waals surface area contributed by atoms with Crippen molar-refractivity contribution in [2.45, 2.75) is 38.0 Å². The normalized spacial score (nSPS) is 18.4. The van der Waals surface area contributed by atoms with Crippen molar-refractivity contribution in [2.24, 2.45) is 0 Å². The average Bonchev–Trinajstić information content (AvgIpc) is 2.23. The van der Waals surface area contributed by atoms with E-state index in [4.69, 9.17) is 17.3 Å². The van der Waals surface area contributed by atoms with Crippen molar-refractivity contribution < 1.29 is 0 Å². The molecule has 14 heavy (non-hydrogen) atoms. The number of nitrogen functional groups attached to an aromatic ring is 1. The number of halogens is 1. The molecule has 0 radical (unpaired) electrons. The van der Waals surface area contributed by atoms with Gasteiger partial charge in [0.2, 0.25) is 0 Å². The summed E-state index contributed by atoms with van der Waals surface area (Å²) in [4.78, 5) is 0. The molecule has 0 unspecified atom stereocenters. The summed E-state index contributed by atoms with van der Waals surface area (Å²) < 4.78 is 0. The standard InChI is InChI=1S/C12H16ClN/c13-11-7-6-10(8-12(11)14)9-4-2-1-3-5-9/h6-9H,1-5,14H2. The fourth-order valence-corrected chi connectivity index (χ4v) is 2.37. The molecule has 1 aliphatic carbocycles. The monoisotopic (exact) mass is 209 g/mol. The van der Waals surface area contributed by atoms with E-state index in [2.05, 4.69) is 6.07 Å². The maximum Gasteiger partial charge on any atom is 0.0635 e. The van der Waals surface area contributed by atoms with Gasteiger partial charge in [-0.25, -0.2) is 0 Å². The lowest BCUT2D eigenvalue weighted by Crippen LogP contribution is -2.04. The molecule has 0 bridgehead atoms. The van der Waals surface area contributed by atoms with Gasteiger partial charge in [0.15, 0.2) is 0 Å². The van der Waals surface area contributed by atoms with E-state index in [1.807, 2.05) is 12.1 Å². The fourth-order valence-electron chi connectivity index (χ4n) is 2.25. The number of hydrogen-bond donors (Lipinski definition) is 1. The maximum absolute atomic E-state index is 5.89. The van der Waals surface area contributed by atoms with E-state index in [-0.39, 0.29) is 0 Å². The average molecular weight is 210 g/mol. The molecule has 0 aliphatic heterocycles. The smallest absolute Gasteiger partial charge is 0.0635 e. The molecule has 0 aromatic heterocycles. The van der Waals surface area contributed by atoms with E-state index in [0.717, 1.165) is 5.69 Å². The summed E-state index contributed by atoms with van der Waals surface area (Å²) in [6.45, 7) is 0. The summed E-state index contributed by atoms with van der Waals surface area (Å²) in [7, 11) is 0. The number of hydrogen-bond acceptors (Lipinski definition) is 1. The second-order valence-corrected chi connectivity index (χ2v) is 4.52. The summed E-state index contributed by atoms with van der Waals surface area (Å²) in [5.41, 5.74) is 7.88. The van der Waals surface area contributed by atoms with Crippen LogP contribution in [-0.2, 0) is 0 Å². The Labute approximate surface area is 90.3 Å². The van der Waals surface area contributed by atoms with Crippen LogP contribution in [0.15, 0.2) is 18.2 Å². The van der Waals surface area contributed by atoms with Crippen molar-refractivity contribution in [3.8, 4) is 0 Å². The minimum Gasteiger partial charge on any atom is -0.398 e. The largest absolute Gasteiger partial charge is 0.398 e. The number of benzene rings is 1. The molecular formula is C12H16ClN. The lowest BCUT2D eigenvalue weighted by atomic mass is 9.84. The molecule has 1 aromatic carbocycles. The Kier molecular flexibility index (Phi) is 2.97. The van der Waals surface area contributed by atoms with Gasteiger partial charge >= 0.3 is 0 Å². The Bertz CT molecular complexity index is 316. The Hall–Kier alpha value is -0.690. The first-order chi connectivity index (χ1) is 6.77. The van der Waals surface area contributed by atoms with Crippen molar-refractivity contribution in [1.82, 2.24) is 0 Å². The topological polar surface area (TPSA) is 26.0 Å². The lowest BCUT2D eigenvalue weighted by Gasteiger charge is -2.22. The quantitative estimate of drug-likeness (QED) is 0.696. The van der Waals surface area contributed by atoms with Crippen LogP contribution in [0.3, 0.4) is 0 Å². The van der Waals surface area contributed by atoms with Gasteiger partial charge in [-0.2, -0.15) is 0 Å². The van der Waals surface area contributed by atoms with Crippen molar-refractivity contribution in [1.29, 1.82) is 0 Å². The van der Waals surface area contributed by atoms with Crippen molar-refractivity contribution in [3.63, 3.8) is 0 Å². The molecule has 1 aromatic rings. The highest BCUT2D eigenvalue weighted by Crippen LogP contribution is 2.34. The fraction of sp³-hybridized carbons (Fsp3) is 0.500. The number of anilines is 1. The Morgan fingerprint density at radius 2 is 1.86 bits per heavy atom. The van der Waals surface area contributed by atoms with Gasteiger partial charge in [0.1, 0.15) is 0 Å². The third kappa shape index (κ3) is 2.03. The molecule has 2 rings (SSSR count). The summed E-state index contributed by atoms with van der Waals surface area (Å²) in [5, 5.41) is 0.671. The van der Waals surface area contributed by atoms with Gasteiger partial charge in [-0.15, -0.1) is 0 Å². The molecule has 2 N–H and O–H groups in total. The van der Waals surface area contributed by atoms with E-state index < -0.39 is 0 Å². The SMILES string of the molecule is Nc1cc(C2CCCCC2)ccc1Cl. The van der Waals surface area contributed by atoms with Crippen molar-refractivity contribution in [3.05, 3.63) is 28.8 Å². The highest BCUT2D eigenvalue weighted by Gasteiger charge is 2.15. The summed E-state index contributed by atoms with van der Waals surface area (Å²) in [6, 6.07) is 6.08. The van der Waals surface area contributed by atoms with Crippen LogP contribution in [0.25, 0.3) is 0 Å². The van der Waals surface area contributed by atoms with Gasteiger partial charge in [-0.1, -0.05) is 36.9 Å². The van der Waals surface area contributed by atoms with E-state index in [0.29, 0.717) is 10.9 Å². The van der Waals surface area contributed by atoms with Crippen molar-refractivity contribution in [2.75, 3.05) is 5.73 Å². The van der Waals surface area contributed by atoms with Gasteiger partial charge in [0.25, 0.3) is 0 Å². The van der Waals surface area contributed by atoms with E-state index in [1.165, 1.54) is 37.7 Å². The lowest BCUT2D eigenvalue weighted by molar-refractivity contribution is 0.444. The van der Waals surface area contributed by atoms with E-state index in [1.54, 1.807) is 0 Å². The molecule has 1 fully saturated rings. The van der Waals surface area contributed by atoms with Crippen LogP contribution in [0.2, 0.25) is 5.02 Å². The van der Waals surface area contributed by atoms with Crippen LogP contribution in [0, 0.1) is 0 Å². The second kappa shape index (κ2) is 4.22. The van der Waals surface area contributed by atoms with Gasteiger partial charge in [0, 0.05) is 0 Å².